The summed E-state index contributed by atoms with van der Waals surface area (Å²) in [6.45, 7) is 0. The van der Waals surface area contributed by atoms with Crippen LogP contribution < -0.4 is 5.66 Å². The van der Waals surface area contributed by atoms with Gasteiger partial charge in [-0.2, -0.15) is 0 Å². The molecule has 0 fully saturated rings. The van der Waals surface area contributed by atoms with Crippen molar-refractivity contribution < 1.29 is 14.5 Å². The van der Waals surface area contributed by atoms with E-state index in [4.69, 9.17) is 14.5 Å². The molecule has 0 amide bonds. The van der Waals surface area contributed by atoms with Crippen LogP contribution >= 0.6 is 11.8 Å². The number of furan rings is 1. The summed E-state index contributed by atoms with van der Waals surface area (Å²) in [5, 5.41) is 17.9. The Balaban J connectivity index is 2.78. The molecule has 10 heavy (non-hydrogen) atoms. The van der Waals surface area contributed by atoms with Gasteiger partial charge in [0.15, 0.2) is 5.09 Å². The summed E-state index contributed by atoms with van der Waals surface area (Å²) in [4.78, 5) is 0. The van der Waals surface area contributed by atoms with Crippen molar-refractivity contribution in [3.8, 4) is 0 Å². The second-order valence-electron chi connectivity index (χ2n) is 1.73. The first-order valence-electron chi connectivity index (χ1n) is 2.74. The van der Waals surface area contributed by atoms with Crippen molar-refractivity contribution in [2.45, 2.75) is 5.09 Å². The highest BCUT2D eigenvalue weighted by Crippen LogP contribution is 2.12. The van der Waals surface area contributed by atoms with E-state index >= 15 is 0 Å². The van der Waals surface area contributed by atoms with E-state index < -0.39 is 7.12 Å². The van der Waals surface area contributed by atoms with Gasteiger partial charge in [-0.1, -0.05) is 11.8 Å². The Morgan fingerprint density at radius 1 is 1.50 bits per heavy atom. The van der Waals surface area contributed by atoms with Crippen molar-refractivity contribution in [1.29, 1.82) is 0 Å². The summed E-state index contributed by atoms with van der Waals surface area (Å²) >= 11 is 1.42. The van der Waals surface area contributed by atoms with Gasteiger partial charge >= 0.3 is 7.12 Å². The molecule has 0 aliphatic heterocycles. The van der Waals surface area contributed by atoms with Gasteiger partial charge in [0, 0.05) is 0 Å². The fourth-order valence-electron chi connectivity index (χ4n) is 0.583. The molecule has 1 rings (SSSR count). The van der Waals surface area contributed by atoms with Crippen LogP contribution in [0.3, 0.4) is 0 Å². The van der Waals surface area contributed by atoms with Gasteiger partial charge < -0.3 is 14.5 Å². The SMILES string of the molecule is CSc1ccc(B(O)O)o1. The molecule has 0 aliphatic carbocycles. The largest absolute Gasteiger partial charge is 0.526 e. The predicted octanol–water partition coefficient (Wildman–Crippen LogP) is -0.319. The van der Waals surface area contributed by atoms with E-state index in [1.165, 1.54) is 17.8 Å². The topological polar surface area (TPSA) is 53.6 Å². The molecule has 5 heteroatoms. The molecule has 2 N–H and O–H groups in total. The summed E-state index contributed by atoms with van der Waals surface area (Å²) in [7, 11) is -1.50. The number of rotatable bonds is 2. The van der Waals surface area contributed by atoms with Gasteiger partial charge in [0.05, 0.1) is 0 Å². The molecule has 0 radical (unpaired) electrons. The minimum atomic E-state index is -1.50. The molecule has 0 saturated carbocycles. The van der Waals surface area contributed by atoms with Crippen molar-refractivity contribution >= 4 is 24.5 Å². The third-order valence-electron chi connectivity index (χ3n) is 1.06. The molecule has 1 aromatic heterocycles. The van der Waals surface area contributed by atoms with Gasteiger partial charge in [-0.05, 0) is 18.4 Å². The lowest BCUT2D eigenvalue weighted by Gasteiger charge is -1.90. The third kappa shape index (κ3) is 1.56. The third-order valence-corrected chi connectivity index (χ3v) is 1.68. The fraction of sp³-hybridized carbons (Fsp3) is 0.200. The molecule has 54 valence electrons. The Kier molecular flexibility index (Phi) is 2.42. The molecular weight excluding hydrogens is 151 g/mol. The van der Waals surface area contributed by atoms with Crippen molar-refractivity contribution in [3.63, 3.8) is 0 Å². The number of hydrogen-bond acceptors (Lipinski definition) is 4. The van der Waals surface area contributed by atoms with Crippen molar-refractivity contribution in [3.05, 3.63) is 12.1 Å². The van der Waals surface area contributed by atoms with Crippen molar-refractivity contribution in [2.75, 3.05) is 6.26 Å². The van der Waals surface area contributed by atoms with Crippen molar-refractivity contribution in [1.82, 2.24) is 0 Å². The smallest absolute Gasteiger partial charge is 0.458 e. The average molecular weight is 158 g/mol. The molecular formula is C5H7BO3S. The molecule has 0 aromatic carbocycles. The fourth-order valence-corrected chi connectivity index (χ4v) is 0.967. The van der Waals surface area contributed by atoms with E-state index in [9.17, 15) is 0 Å². The summed E-state index contributed by atoms with van der Waals surface area (Å²) < 4.78 is 4.96. The highest BCUT2D eigenvalue weighted by molar-refractivity contribution is 7.98. The van der Waals surface area contributed by atoms with Crippen LogP contribution in [0.4, 0.5) is 0 Å². The summed E-state index contributed by atoms with van der Waals surface area (Å²) in [5.41, 5.74) is 0.185. The minimum absolute atomic E-state index is 0.185. The zero-order valence-corrected chi connectivity index (χ0v) is 6.26. The van der Waals surface area contributed by atoms with Crippen LogP contribution in [0.1, 0.15) is 0 Å². The minimum Gasteiger partial charge on any atom is -0.458 e. The van der Waals surface area contributed by atoms with Gasteiger partial charge in [-0.3, -0.25) is 0 Å². The zero-order chi connectivity index (χ0) is 7.56. The quantitative estimate of drug-likeness (QED) is 0.457. The average Bonchev–Trinajstić information content (AvgIpc) is 2.34. The van der Waals surface area contributed by atoms with Crippen LogP contribution in [-0.2, 0) is 0 Å². The Hall–Kier alpha value is -0.385. The monoisotopic (exact) mass is 158 g/mol. The van der Waals surface area contributed by atoms with Crippen LogP contribution in [0, 0.1) is 0 Å². The molecule has 3 nitrogen and oxygen atoms in total. The summed E-state index contributed by atoms with van der Waals surface area (Å²) in [6.07, 6.45) is 1.85. The van der Waals surface area contributed by atoms with Crippen LogP contribution in [0.5, 0.6) is 0 Å². The Labute approximate surface area is 63.2 Å². The van der Waals surface area contributed by atoms with E-state index in [1.54, 1.807) is 6.07 Å². The molecule has 0 saturated heterocycles. The molecule has 0 aliphatic rings. The zero-order valence-electron chi connectivity index (χ0n) is 5.44. The van der Waals surface area contributed by atoms with E-state index in [2.05, 4.69) is 0 Å². The van der Waals surface area contributed by atoms with E-state index in [-0.39, 0.29) is 5.66 Å². The van der Waals surface area contributed by atoms with Crippen LogP contribution in [0.25, 0.3) is 0 Å². The second-order valence-corrected chi connectivity index (χ2v) is 2.55. The van der Waals surface area contributed by atoms with Gasteiger partial charge in [0.1, 0.15) is 5.66 Å². The highest BCUT2D eigenvalue weighted by Gasteiger charge is 2.15. The molecule has 1 heterocycles. The molecule has 1 aromatic rings. The first kappa shape index (κ1) is 7.72. The molecule has 0 bridgehead atoms. The molecule has 0 atom stereocenters. The highest BCUT2D eigenvalue weighted by atomic mass is 32.2. The van der Waals surface area contributed by atoms with E-state index in [0.717, 1.165) is 0 Å². The Morgan fingerprint density at radius 2 is 2.20 bits per heavy atom. The normalized spacial score (nSPS) is 9.90. The Morgan fingerprint density at radius 3 is 2.50 bits per heavy atom. The lowest BCUT2D eigenvalue weighted by Crippen LogP contribution is -2.27. The predicted molar refractivity (Wildman–Crippen MR) is 40.3 cm³/mol. The maximum Gasteiger partial charge on any atom is 0.526 e. The van der Waals surface area contributed by atoms with E-state index in [0.29, 0.717) is 5.09 Å². The molecule has 0 unspecified atom stereocenters. The maximum atomic E-state index is 8.59. The van der Waals surface area contributed by atoms with Crippen LogP contribution in [0.15, 0.2) is 21.6 Å². The maximum absolute atomic E-state index is 8.59. The first-order valence-corrected chi connectivity index (χ1v) is 3.96. The Bertz CT molecular complexity index is 210. The summed E-state index contributed by atoms with van der Waals surface area (Å²) in [5.74, 6) is 0. The van der Waals surface area contributed by atoms with Gasteiger partial charge in [0.2, 0.25) is 0 Å². The summed E-state index contributed by atoms with van der Waals surface area (Å²) in [6, 6.07) is 3.23. The lowest BCUT2D eigenvalue weighted by molar-refractivity contribution is 0.398. The van der Waals surface area contributed by atoms with Crippen molar-refractivity contribution in [2.24, 2.45) is 0 Å². The number of thioether (sulfide) groups is 1. The molecule has 0 spiro atoms. The van der Waals surface area contributed by atoms with Gasteiger partial charge in [-0.15, -0.1) is 0 Å². The van der Waals surface area contributed by atoms with Crippen LogP contribution in [0.2, 0.25) is 0 Å². The second kappa shape index (κ2) is 3.14. The standard InChI is InChI=1S/C5H7BO3S/c1-10-5-3-2-4(9-5)6(7)8/h2-3,7-8H,1H3. The number of hydrogen-bond donors (Lipinski definition) is 2. The van der Waals surface area contributed by atoms with Gasteiger partial charge in [0.25, 0.3) is 0 Å². The first-order chi connectivity index (χ1) is 4.74. The van der Waals surface area contributed by atoms with E-state index in [1.807, 2.05) is 6.26 Å². The van der Waals surface area contributed by atoms with Gasteiger partial charge in [-0.25, -0.2) is 0 Å². The van der Waals surface area contributed by atoms with Crippen LogP contribution in [-0.4, -0.2) is 23.4 Å². The lowest BCUT2D eigenvalue weighted by atomic mass is 9.88.